The van der Waals surface area contributed by atoms with Crippen molar-refractivity contribution in [2.75, 3.05) is 18.1 Å². The largest absolute Gasteiger partial charge is 0.388 e. The van der Waals surface area contributed by atoms with E-state index in [0.29, 0.717) is 6.54 Å². The number of nitrogens with one attached hydrogen (secondary N) is 1. The van der Waals surface area contributed by atoms with Gasteiger partial charge in [0.25, 0.3) is 0 Å². The molecular weight excluding hydrogens is 264 g/mol. The van der Waals surface area contributed by atoms with Crippen molar-refractivity contribution in [1.29, 1.82) is 0 Å². The Hall–Kier alpha value is -0.620. The predicted octanol–water partition coefficient (Wildman–Crippen LogP) is 2.25. The molecule has 3 rings (SSSR count). The van der Waals surface area contributed by atoms with E-state index in [1.165, 1.54) is 10.3 Å². The van der Waals surface area contributed by atoms with Gasteiger partial charge in [-0.3, -0.25) is 4.98 Å². The van der Waals surface area contributed by atoms with E-state index in [0.717, 1.165) is 30.0 Å². The Balaban J connectivity index is 1.59. The highest BCUT2D eigenvalue weighted by Crippen LogP contribution is 2.27. The van der Waals surface area contributed by atoms with E-state index in [2.05, 4.69) is 21.7 Å². The molecule has 1 aliphatic heterocycles. The SMILES string of the molecule is OC1(CNCc2cnc3ccsc3c2)CCSC1. The van der Waals surface area contributed by atoms with Crippen LogP contribution in [-0.2, 0) is 6.54 Å². The molecule has 0 aromatic carbocycles. The third-order valence-corrected chi connectivity index (χ3v) is 5.31. The maximum atomic E-state index is 10.2. The second kappa shape index (κ2) is 5.17. The van der Waals surface area contributed by atoms with E-state index >= 15 is 0 Å². The van der Waals surface area contributed by atoms with E-state index < -0.39 is 5.60 Å². The molecule has 3 heterocycles. The number of hydrogen-bond acceptors (Lipinski definition) is 5. The zero-order valence-electron chi connectivity index (χ0n) is 10.1. The lowest BCUT2D eigenvalue weighted by Crippen LogP contribution is -2.40. The summed E-state index contributed by atoms with van der Waals surface area (Å²) in [6.07, 6.45) is 2.81. The quantitative estimate of drug-likeness (QED) is 0.902. The van der Waals surface area contributed by atoms with Crippen molar-refractivity contribution in [3.05, 3.63) is 29.3 Å². The number of aromatic nitrogens is 1. The van der Waals surface area contributed by atoms with Crippen LogP contribution in [0.1, 0.15) is 12.0 Å². The van der Waals surface area contributed by atoms with Crippen LogP contribution in [-0.4, -0.2) is 33.7 Å². The normalized spacial score (nSPS) is 23.8. The van der Waals surface area contributed by atoms with Crippen LogP contribution in [0.2, 0.25) is 0 Å². The molecule has 2 N–H and O–H groups in total. The highest BCUT2D eigenvalue weighted by atomic mass is 32.2. The summed E-state index contributed by atoms with van der Waals surface area (Å²) in [5.41, 5.74) is 1.74. The number of thiophene rings is 1. The van der Waals surface area contributed by atoms with Crippen LogP contribution < -0.4 is 5.32 Å². The zero-order valence-corrected chi connectivity index (χ0v) is 11.7. The molecule has 5 heteroatoms. The van der Waals surface area contributed by atoms with E-state index in [-0.39, 0.29) is 0 Å². The van der Waals surface area contributed by atoms with Crippen molar-refractivity contribution in [3.8, 4) is 0 Å². The van der Waals surface area contributed by atoms with Crippen LogP contribution in [0.5, 0.6) is 0 Å². The van der Waals surface area contributed by atoms with Gasteiger partial charge in [-0.15, -0.1) is 11.3 Å². The van der Waals surface area contributed by atoms with Gasteiger partial charge in [0.2, 0.25) is 0 Å². The van der Waals surface area contributed by atoms with E-state index in [4.69, 9.17) is 0 Å². The molecule has 0 saturated carbocycles. The molecule has 0 bridgehead atoms. The van der Waals surface area contributed by atoms with Gasteiger partial charge in [-0.05, 0) is 35.2 Å². The van der Waals surface area contributed by atoms with Gasteiger partial charge in [0.1, 0.15) is 0 Å². The van der Waals surface area contributed by atoms with Gasteiger partial charge in [-0.1, -0.05) is 0 Å². The summed E-state index contributed by atoms with van der Waals surface area (Å²) in [7, 11) is 0. The number of thioether (sulfide) groups is 1. The summed E-state index contributed by atoms with van der Waals surface area (Å²) < 4.78 is 1.23. The molecule has 0 amide bonds. The smallest absolute Gasteiger partial charge is 0.0869 e. The lowest BCUT2D eigenvalue weighted by molar-refractivity contribution is 0.0674. The molecule has 0 aliphatic carbocycles. The average molecular weight is 280 g/mol. The first-order chi connectivity index (χ1) is 8.75. The molecule has 0 spiro atoms. The van der Waals surface area contributed by atoms with Crippen molar-refractivity contribution >= 4 is 33.3 Å². The van der Waals surface area contributed by atoms with Crippen LogP contribution in [0.3, 0.4) is 0 Å². The second-order valence-electron chi connectivity index (χ2n) is 4.78. The van der Waals surface area contributed by atoms with Crippen molar-refractivity contribution in [2.45, 2.75) is 18.6 Å². The Morgan fingerprint density at radius 2 is 2.44 bits per heavy atom. The summed E-state index contributed by atoms with van der Waals surface area (Å²) in [4.78, 5) is 4.41. The third kappa shape index (κ3) is 2.69. The fourth-order valence-corrected chi connectivity index (χ4v) is 4.26. The minimum atomic E-state index is -0.509. The van der Waals surface area contributed by atoms with Crippen molar-refractivity contribution < 1.29 is 5.11 Å². The number of aliphatic hydroxyl groups is 1. The second-order valence-corrected chi connectivity index (χ2v) is 6.83. The molecule has 1 fully saturated rings. The van der Waals surface area contributed by atoms with Gasteiger partial charge in [0.15, 0.2) is 0 Å². The highest BCUT2D eigenvalue weighted by Gasteiger charge is 2.30. The minimum Gasteiger partial charge on any atom is -0.388 e. The first-order valence-electron chi connectivity index (χ1n) is 6.08. The van der Waals surface area contributed by atoms with Crippen molar-refractivity contribution in [2.24, 2.45) is 0 Å². The minimum absolute atomic E-state index is 0.509. The number of pyridine rings is 1. The molecular formula is C13H16N2OS2. The Kier molecular flexibility index (Phi) is 3.56. The number of rotatable bonds is 4. The molecule has 18 heavy (non-hydrogen) atoms. The average Bonchev–Trinajstić information content (AvgIpc) is 2.97. The van der Waals surface area contributed by atoms with Crippen molar-refractivity contribution in [3.63, 3.8) is 0 Å². The predicted molar refractivity (Wildman–Crippen MR) is 78.2 cm³/mol. The zero-order chi connectivity index (χ0) is 12.4. The fraction of sp³-hybridized carbons (Fsp3) is 0.462. The summed E-state index contributed by atoms with van der Waals surface area (Å²) in [5, 5.41) is 15.6. The Morgan fingerprint density at radius 3 is 3.28 bits per heavy atom. The molecule has 96 valence electrons. The lowest BCUT2D eigenvalue weighted by atomic mass is 10.0. The molecule has 1 atom stereocenters. The van der Waals surface area contributed by atoms with Gasteiger partial charge in [-0.2, -0.15) is 11.8 Å². The maximum absolute atomic E-state index is 10.2. The first kappa shape index (κ1) is 12.4. The fourth-order valence-electron chi connectivity index (χ4n) is 2.16. The molecule has 0 radical (unpaired) electrons. The summed E-state index contributed by atoms with van der Waals surface area (Å²) in [6, 6.07) is 4.21. The monoisotopic (exact) mass is 280 g/mol. The summed E-state index contributed by atoms with van der Waals surface area (Å²) >= 11 is 3.55. The van der Waals surface area contributed by atoms with Gasteiger partial charge in [0.05, 0.1) is 15.8 Å². The van der Waals surface area contributed by atoms with E-state index in [9.17, 15) is 5.11 Å². The van der Waals surface area contributed by atoms with Crippen LogP contribution in [0.25, 0.3) is 10.2 Å². The summed E-state index contributed by atoms with van der Waals surface area (Å²) in [6.45, 7) is 1.44. The van der Waals surface area contributed by atoms with Gasteiger partial charge >= 0.3 is 0 Å². The highest BCUT2D eigenvalue weighted by molar-refractivity contribution is 7.99. The van der Waals surface area contributed by atoms with Gasteiger partial charge in [-0.25, -0.2) is 0 Å². The Labute approximate surface area is 115 Å². The number of hydrogen-bond donors (Lipinski definition) is 2. The first-order valence-corrected chi connectivity index (χ1v) is 8.12. The van der Waals surface area contributed by atoms with Crippen molar-refractivity contribution in [1.82, 2.24) is 10.3 Å². The van der Waals surface area contributed by atoms with Crippen LogP contribution >= 0.6 is 23.1 Å². The van der Waals surface area contributed by atoms with Gasteiger partial charge in [0, 0.05) is 25.0 Å². The van der Waals surface area contributed by atoms with Gasteiger partial charge < -0.3 is 10.4 Å². The van der Waals surface area contributed by atoms with Crippen LogP contribution in [0.15, 0.2) is 23.7 Å². The topological polar surface area (TPSA) is 45.1 Å². The molecule has 3 nitrogen and oxygen atoms in total. The van der Waals surface area contributed by atoms with Crippen LogP contribution in [0.4, 0.5) is 0 Å². The molecule has 2 aromatic rings. The molecule has 1 aliphatic rings. The Morgan fingerprint density at radius 1 is 1.50 bits per heavy atom. The maximum Gasteiger partial charge on any atom is 0.0869 e. The lowest BCUT2D eigenvalue weighted by Gasteiger charge is -2.21. The van der Waals surface area contributed by atoms with Crippen LogP contribution in [0, 0.1) is 0 Å². The number of fused-ring (bicyclic) bond motifs is 1. The standard InChI is InChI=1S/C13H16N2OS2/c16-13(2-4-17-9-13)8-14-6-10-5-12-11(15-7-10)1-3-18-12/h1,3,5,7,14,16H,2,4,6,8-9H2. The van der Waals surface area contributed by atoms with E-state index in [1.807, 2.05) is 24.0 Å². The molecule has 2 aromatic heterocycles. The summed E-state index contributed by atoms with van der Waals surface area (Å²) in [5.74, 6) is 1.92. The molecule has 1 unspecified atom stereocenters. The van der Waals surface area contributed by atoms with E-state index in [1.54, 1.807) is 11.3 Å². The Bertz CT molecular complexity index is 535. The molecule has 1 saturated heterocycles. The number of nitrogens with zero attached hydrogens (tertiary/aromatic N) is 1. The third-order valence-electron chi connectivity index (χ3n) is 3.22.